The number of amides is 2. The SMILES string of the molecule is CCCCNC(=O)[C@H](CC)N(Cc1ccccc1)C(=O)CCCN(c1cccc(C)c1C)S(C)(=O)=O. The van der Waals surface area contributed by atoms with Crippen molar-refractivity contribution in [2.45, 2.75) is 72.4 Å². The average Bonchev–Trinajstić information content (AvgIpc) is 2.83. The van der Waals surface area contributed by atoms with Crippen LogP contribution in [0.2, 0.25) is 0 Å². The molecule has 2 aromatic carbocycles. The average molecular weight is 516 g/mol. The number of rotatable bonds is 14. The van der Waals surface area contributed by atoms with Gasteiger partial charge in [-0.1, -0.05) is 62.7 Å². The van der Waals surface area contributed by atoms with Crippen LogP contribution < -0.4 is 9.62 Å². The van der Waals surface area contributed by atoms with Gasteiger partial charge in [-0.25, -0.2) is 8.42 Å². The molecule has 2 amide bonds. The summed E-state index contributed by atoms with van der Waals surface area (Å²) in [7, 11) is -3.53. The molecule has 198 valence electrons. The van der Waals surface area contributed by atoms with Crippen molar-refractivity contribution in [2.24, 2.45) is 0 Å². The van der Waals surface area contributed by atoms with E-state index >= 15 is 0 Å². The first-order chi connectivity index (χ1) is 17.1. The summed E-state index contributed by atoms with van der Waals surface area (Å²) in [5.74, 6) is -0.311. The van der Waals surface area contributed by atoms with Gasteiger partial charge in [0, 0.05) is 26.1 Å². The van der Waals surface area contributed by atoms with Gasteiger partial charge in [0.25, 0.3) is 0 Å². The molecule has 0 aliphatic heterocycles. The molecule has 0 aromatic heterocycles. The van der Waals surface area contributed by atoms with Crippen LogP contribution in [0.5, 0.6) is 0 Å². The number of hydrogen-bond donors (Lipinski definition) is 1. The highest BCUT2D eigenvalue weighted by Crippen LogP contribution is 2.25. The highest BCUT2D eigenvalue weighted by atomic mass is 32.2. The minimum Gasteiger partial charge on any atom is -0.354 e. The summed E-state index contributed by atoms with van der Waals surface area (Å²) in [6.07, 6.45) is 4.02. The maximum absolute atomic E-state index is 13.4. The van der Waals surface area contributed by atoms with Gasteiger partial charge in [-0.3, -0.25) is 13.9 Å². The fraction of sp³-hybridized carbons (Fsp3) is 0.500. The Balaban J connectivity index is 2.20. The lowest BCUT2D eigenvalue weighted by Gasteiger charge is -2.31. The molecule has 0 aliphatic rings. The summed E-state index contributed by atoms with van der Waals surface area (Å²) >= 11 is 0. The van der Waals surface area contributed by atoms with Crippen LogP contribution in [0.1, 0.15) is 62.6 Å². The van der Waals surface area contributed by atoms with Crippen molar-refractivity contribution in [1.82, 2.24) is 10.2 Å². The van der Waals surface area contributed by atoms with Crippen molar-refractivity contribution in [3.8, 4) is 0 Å². The highest BCUT2D eigenvalue weighted by molar-refractivity contribution is 7.92. The summed E-state index contributed by atoms with van der Waals surface area (Å²) in [5, 5.41) is 2.96. The van der Waals surface area contributed by atoms with E-state index in [-0.39, 0.29) is 24.8 Å². The number of sulfonamides is 1. The lowest BCUT2D eigenvalue weighted by atomic mass is 10.1. The van der Waals surface area contributed by atoms with Crippen molar-refractivity contribution in [2.75, 3.05) is 23.7 Å². The van der Waals surface area contributed by atoms with E-state index in [1.807, 2.05) is 63.2 Å². The topological polar surface area (TPSA) is 86.8 Å². The Morgan fingerprint density at radius 1 is 0.972 bits per heavy atom. The molecule has 0 bridgehead atoms. The van der Waals surface area contributed by atoms with Crippen LogP contribution >= 0.6 is 0 Å². The highest BCUT2D eigenvalue weighted by Gasteiger charge is 2.28. The summed E-state index contributed by atoms with van der Waals surface area (Å²) < 4.78 is 26.6. The molecule has 0 fully saturated rings. The largest absolute Gasteiger partial charge is 0.354 e. The lowest BCUT2D eigenvalue weighted by Crippen LogP contribution is -2.49. The molecule has 0 unspecified atom stereocenters. The number of unbranched alkanes of at least 4 members (excludes halogenated alkanes) is 1. The number of nitrogens with one attached hydrogen (secondary N) is 1. The van der Waals surface area contributed by atoms with Gasteiger partial charge in [-0.15, -0.1) is 0 Å². The second kappa shape index (κ2) is 14.0. The normalized spacial score (nSPS) is 12.1. The smallest absolute Gasteiger partial charge is 0.242 e. The Bertz CT molecular complexity index is 1100. The number of carbonyl (C=O) groups excluding carboxylic acids is 2. The van der Waals surface area contributed by atoms with Gasteiger partial charge in [0.05, 0.1) is 11.9 Å². The van der Waals surface area contributed by atoms with Gasteiger partial charge >= 0.3 is 0 Å². The standard InChI is InChI=1S/C28H41N3O4S/c1-6-8-19-29-28(33)25(7-2)30(21-24-15-10-9-11-16-24)27(32)18-13-20-31(36(5,34)35)26-17-12-14-22(3)23(26)4/h9-12,14-17,25H,6-8,13,18-21H2,1-5H3,(H,29,33)/t25-/m0/s1. The minimum absolute atomic E-state index is 0.141. The van der Waals surface area contributed by atoms with E-state index in [9.17, 15) is 18.0 Å². The maximum atomic E-state index is 13.4. The second-order valence-electron chi connectivity index (χ2n) is 9.23. The van der Waals surface area contributed by atoms with Gasteiger partial charge in [0.15, 0.2) is 0 Å². The number of carbonyl (C=O) groups is 2. The maximum Gasteiger partial charge on any atom is 0.242 e. The summed E-state index contributed by atoms with van der Waals surface area (Å²) in [6.45, 7) is 8.91. The Kier molecular flexibility index (Phi) is 11.4. The Morgan fingerprint density at radius 3 is 2.28 bits per heavy atom. The van der Waals surface area contributed by atoms with Crippen LogP contribution in [0.3, 0.4) is 0 Å². The molecule has 0 spiro atoms. The molecule has 0 saturated heterocycles. The molecular formula is C28H41N3O4S. The molecule has 2 aromatic rings. The molecule has 0 aliphatic carbocycles. The summed E-state index contributed by atoms with van der Waals surface area (Å²) in [6, 6.07) is 14.6. The minimum atomic E-state index is -3.53. The van der Waals surface area contributed by atoms with Crippen LogP contribution in [0.15, 0.2) is 48.5 Å². The van der Waals surface area contributed by atoms with E-state index in [1.165, 1.54) is 10.6 Å². The van der Waals surface area contributed by atoms with Gasteiger partial charge in [0.1, 0.15) is 6.04 Å². The molecular weight excluding hydrogens is 474 g/mol. The quantitative estimate of drug-likeness (QED) is 0.373. The van der Waals surface area contributed by atoms with Crippen LogP contribution in [0.25, 0.3) is 0 Å². The monoisotopic (exact) mass is 515 g/mol. The van der Waals surface area contributed by atoms with Crippen molar-refractivity contribution in [3.05, 3.63) is 65.2 Å². The molecule has 2 rings (SSSR count). The molecule has 8 heteroatoms. The van der Waals surface area contributed by atoms with Gasteiger partial charge in [-0.2, -0.15) is 0 Å². The van der Waals surface area contributed by atoms with Gasteiger partial charge < -0.3 is 10.2 Å². The Morgan fingerprint density at radius 2 is 1.67 bits per heavy atom. The number of nitrogens with zero attached hydrogens (tertiary/aromatic N) is 2. The first kappa shape index (κ1) is 29.4. The van der Waals surface area contributed by atoms with Gasteiger partial charge in [0.2, 0.25) is 21.8 Å². The third kappa shape index (κ3) is 8.36. The summed E-state index contributed by atoms with van der Waals surface area (Å²) in [4.78, 5) is 28.0. The third-order valence-corrected chi connectivity index (χ3v) is 7.59. The molecule has 0 heterocycles. The number of benzene rings is 2. The Labute approximate surface area is 216 Å². The molecule has 0 radical (unpaired) electrons. The molecule has 36 heavy (non-hydrogen) atoms. The number of hydrogen-bond acceptors (Lipinski definition) is 4. The van der Waals surface area contributed by atoms with Crippen LogP contribution in [0.4, 0.5) is 5.69 Å². The van der Waals surface area contributed by atoms with E-state index in [4.69, 9.17) is 0 Å². The number of anilines is 1. The van der Waals surface area contributed by atoms with E-state index in [0.29, 0.717) is 31.6 Å². The predicted octanol–water partition coefficient (Wildman–Crippen LogP) is 4.57. The fourth-order valence-electron chi connectivity index (χ4n) is 4.19. The molecule has 1 N–H and O–H groups in total. The van der Waals surface area contributed by atoms with Crippen molar-refractivity contribution >= 4 is 27.5 Å². The first-order valence-electron chi connectivity index (χ1n) is 12.7. The third-order valence-electron chi connectivity index (χ3n) is 6.41. The second-order valence-corrected chi connectivity index (χ2v) is 11.1. The zero-order chi connectivity index (χ0) is 26.7. The van der Waals surface area contributed by atoms with E-state index in [0.717, 1.165) is 29.5 Å². The molecule has 1 atom stereocenters. The summed E-state index contributed by atoms with van der Waals surface area (Å²) in [5.41, 5.74) is 3.48. The van der Waals surface area contributed by atoms with Crippen molar-refractivity contribution < 1.29 is 18.0 Å². The number of aryl methyl sites for hydroxylation is 1. The van der Waals surface area contributed by atoms with E-state index in [1.54, 1.807) is 11.0 Å². The fourth-order valence-corrected chi connectivity index (χ4v) is 5.21. The molecule has 7 nitrogen and oxygen atoms in total. The van der Waals surface area contributed by atoms with Gasteiger partial charge in [-0.05, 0) is 55.9 Å². The van der Waals surface area contributed by atoms with Crippen LogP contribution in [-0.4, -0.2) is 50.5 Å². The zero-order valence-electron chi connectivity index (χ0n) is 22.3. The zero-order valence-corrected chi connectivity index (χ0v) is 23.1. The van der Waals surface area contributed by atoms with Crippen LogP contribution in [-0.2, 0) is 26.2 Å². The van der Waals surface area contributed by atoms with Crippen LogP contribution in [0, 0.1) is 13.8 Å². The van der Waals surface area contributed by atoms with Crippen molar-refractivity contribution in [3.63, 3.8) is 0 Å². The predicted molar refractivity (Wildman–Crippen MR) is 146 cm³/mol. The first-order valence-corrected chi connectivity index (χ1v) is 14.6. The van der Waals surface area contributed by atoms with E-state index in [2.05, 4.69) is 12.2 Å². The van der Waals surface area contributed by atoms with E-state index < -0.39 is 16.1 Å². The Hall–Kier alpha value is -2.87. The lowest BCUT2D eigenvalue weighted by molar-refractivity contribution is -0.141. The van der Waals surface area contributed by atoms with Crippen molar-refractivity contribution in [1.29, 1.82) is 0 Å². The molecule has 0 saturated carbocycles.